The highest BCUT2D eigenvalue weighted by Crippen LogP contribution is 2.35. The van der Waals surface area contributed by atoms with Crippen LogP contribution in [-0.2, 0) is 0 Å². The van der Waals surface area contributed by atoms with Gasteiger partial charge in [0.05, 0.1) is 15.4 Å². The molecule has 2 aromatic rings. The van der Waals surface area contributed by atoms with Crippen molar-refractivity contribution >= 4 is 23.4 Å². The van der Waals surface area contributed by atoms with E-state index in [0.717, 1.165) is 16.7 Å². The number of nitro benzene ring substituents is 1. The van der Waals surface area contributed by atoms with E-state index in [1.165, 1.54) is 18.2 Å². The molecule has 0 unspecified atom stereocenters. The molecule has 19 heavy (non-hydrogen) atoms. The molecule has 6 nitrogen and oxygen atoms in total. The van der Waals surface area contributed by atoms with E-state index < -0.39 is 10.9 Å². The number of pyridine rings is 1. The van der Waals surface area contributed by atoms with Crippen molar-refractivity contribution in [2.45, 2.75) is 9.79 Å². The van der Waals surface area contributed by atoms with E-state index >= 15 is 0 Å². The summed E-state index contributed by atoms with van der Waals surface area (Å²) in [4.78, 5) is 26.2. The lowest BCUT2D eigenvalue weighted by atomic mass is 10.2. The molecule has 1 aromatic heterocycles. The molecule has 96 valence electrons. The van der Waals surface area contributed by atoms with Crippen molar-refractivity contribution < 1.29 is 14.8 Å². The predicted molar refractivity (Wildman–Crippen MR) is 68.4 cm³/mol. The topological polar surface area (TPSA) is 93.3 Å². The minimum absolute atomic E-state index is 0.0159. The Morgan fingerprint density at radius 1 is 1.26 bits per heavy atom. The first-order valence-corrected chi connectivity index (χ1v) is 5.99. The van der Waals surface area contributed by atoms with Crippen LogP contribution in [0, 0.1) is 10.1 Å². The maximum atomic E-state index is 10.9. The van der Waals surface area contributed by atoms with Crippen LogP contribution < -0.4 is 0 Å². The maximum Gasteiger partial charge on any atom is 0.335 e. The fraction of sp³-hybridized carbons (Fsp3) is 0. The van der Waals surface area contributed by atoms with Crippen molar-refractivity contribution in [3.05, 3.63) is 58.4 Å². The van der Waals surface area contributed by atoms with Crippen molar-refractivity contribution in [1.82, 2.24) is 4.98 Å². The van der Waals surface area contributed by atoms with Crippen molar-refractivity contribution in [3.63, 3.8) is 0 Å². The molecule has 2 rings (SSSR count). The van der Waals surface area contributed by atoms with Gasteiger partial charge in [-0.2, -0.15) is 0 Å². The smallest absolute Gasteiger partial charge is 0.335 e. The molecule has 0 saturated heterocycles. The summed E-state index contributed by atoms with van der Waals surface area (Å²) in [6.45, 7) is 0. The van der Waals surface area contributed by atoms with Crippen molar-refractivity contribution in [2.24, 2.45) is 0 Å². The molecule has 1 aromatic carbocycles. The lowest BCUT2D eigenvalue weighted by Gasteiger charge is -2.04. The Morgan fingerprint density at radius 2 is 1.95 bits per heavy atom. The number of carbonyl (C=O) groups is 1. The van der Waals surface area contributed by atoms with Crippen LogP contribution in [0.15, 0.2) is 52.5 Å². The minimum Gasteiger partial charge on any atom is -0.478 e. The summed E-state index contributed by atoms with van der Waals surface area (Å²) in [6.07, 6.45) is 3.13. The molecule has 0 bridgehead atoms. The van der Waals surface area contributed by atoms with Gasteiger partial charge in [0.15, 0.2) is 0 Å². The summed E-state index contributed by atoms with van der Waals surface area (Å²) in [5, 5.41) is 19.8. The highest BCUT2D eigenvalue weighted by atomic mass is 32.2. The molecule has 0 aliphatic heterocycles. The quantitative estimate of drug-likeness (QED) is 0.681. The zero-order chi connectivity index (χ0) is 13.8. The molecule has 0 aliphatic carbocycles. The summed E-state index contributed by atoms with van der Waals surface area (Å²) < 4.78 is 0. The average molecular weight is 276 g/mol. The first-order chi connectivity index (χ1) is 9.08. The summed E-state index contributed by atoms with van der Waals surface area (Å²) in [5.74, 6) is -1.12. The number of carboxylic acid groups (broad SMARTS) is 1. The van der Waals surface area contributed by atoms with Crippen molar-refractivity contribution in [3.8, 4) is 0 Å². The Balaban J connectivity index is 2.43. The number of nitro groups is 1. The second-order valence-electron chi connectivity index (χ2n) is 3.53. The van der Waals surface area contributed by atoms with Crippen LogP contribution >= 0.6 is 11.8 Å². The van der Waals surface area contributed by atoms with E-state index in [1.807, 2.05) is 0 Å². The highest BCUT2D eigenvalue weighted by molar-refractivity contribution is 7.99. The van der Waals surface area contributed by atoms with Crippen molar-refractivity contribution in [1.29, 1.82) is 0 Å². The van der Waals surface area contributed by atoms with E-state index in [0.29, 0.717) is 0 Å². The Hall–Kier alpha value is -2.41. The van der Waals surface area contributed by atoms with E-state index in [2.05, 4.69) is 4.98 Å². The maximum absolute atomic E-state index is 10.9. The van der Waals surface area contributed by atoms with Crippen LogP contribution in [0.5, 0.6) is 0 Å². The Kier molecular flexibility index (Phi) is 3.76. The van der Waals surface area contributed by atoms with Gasteiger partial charge in [-0.05, 0) is 24.3 Å². The number of aromatic carboxylic acids is 1. The van der Waals surface area contributed by atoms with Crippen molar-refractivity contribution in [2.75, 3.05) is 0 Å². The zero-order valence-corrected chi connectivity index (χ0v) is 10.3. The average Bonchev–Trinajstić information content (AvgIpc) is 2.39. The molecule has 0 aliphatic rings. The molecule has 0 amide bonds. The third-order valence-corrected chi connectivity index (χ3v) is 3.34. The van der Waals surface area contributed by atoms with Gasteiger partial charge in [0.1, 0.15) is 0 Å². The predicted octanol–water partition coefficient (Wildman–Crippen LogP) is 2.84. The monoisotopic (exact) mass is 276 g/mol. The van der Waals surface area contributed by atoms with E-state index in [9.17, 15) is 14.9 Å². The van der Waals surface area contributed by atoms with Gasteiger partial charge >= 0.3 is 5.97 Å². The van der Waals surface area contributed by atoms with Crippen LogP contribution in [0.2, 0.25) is 0 Å². The standard InChI is InChI=1S/C12H8N2O4S/c15-12(16)8-1-2-10(14(17)18)11(7-8)19-9-3-5-13-6-4-9/h1-7H,(H,15,16). The van der Waals surface area contributed by atoms with Gasteiger partial charge in [0, 0.05) is 23.4 Å². The number of rotatable bonds is 4. The fourth-order valence-corrected chi connectivity index (χ4v) is 2.36. The third kappa shape index (κ3) is 3.08. The summed E-state index contributed by atoms with van der Waals surface area (Å²) in [7, 11) is 0. The number of carboxylic acids is 1. The largest absolute Gasteiger partial charge is 0.478 e. The lowest BCUT2D eigenvalue weighted by Crippen LogP contribution is -1.98. The zero-order valence-electron chi connectivity index (χ0n) is 9.52. The SMILES string of the molecule is O=C(O)c1ccc([N+](=O)[O-])c(Sc2ccncc2)c1. The second-order valence-corrected chi connectivity index (χ2v) is 4.65. The normalized spacial score (nSPS) is 10.1. The lowest BCUT2D eigenvalue weighted by molar-refractivity contribution is -0.387. The number of aromatic nitrogens is 1. The minimum atomic E-state index is -1.12. The van der Waals surface area contributed by atoms with Gasteiger partial charge in [-0.15, -0.1) is 0 Å². The fourth-order valence-electron chi connectivity index (χ4n) is 1.41. The summed E-state index contributed by atoms with van der Waals surface area (Å²) in [5.41, 5.74) is -0.103. The molecule has 0 spiro atoms. The van der Waals surface area contributed by atoms with Crippen LogP contribution in [0.4, 0.5) is 5.69 Å². The molecular formula is C12H8N2O4S. The molecule has 0 radical (unpaired) electrons. The molecule has 1 heterocycles. The van der Waals surface area contributed by atoms with Crippen LogP contribution in [-0.4, -0.2) is 21.0 Å². The van der Waals surface area contributed by atoms with Gasteiger partial charge < -0.3 is 5.11 Å². The van der Waals surface area contributed by atoms with Gasteiger partial charge in [-0.3, -0.25) is 15.1 Å². The van der Waals surface area contributed by atoms with E-state index in [-0.39, 0.29) is 16.1 Å². The molecule has 7 heteroatoms. The highest BCUT2D eigenvalue weighted by Gasteiger charge is 2.17. The van der Waals surface area contributed by atoms with Crippen LogP contribution in [0.1, 0.15) is 10.4 Å². The number of benzene rings is 1. The number of hydrogen-bond acceptors (Lipinski definition) is 5. The first kappa shape index (κ1) is 13.0. The first-order valence-electron chi connectivity index (χ1n) is 5.17. The summed E-state index contributed by atoms with van der Waals surface area (Å²) >= 11 is 1.13. The number of nitrogens with zero attached hydrogens (tertiary/aromatic N) is 2. The Morgan fingerprint density at radius 3 is 2.53 bits per heavy atom. The Bertz CT molecular complexity index is 631. The molecular weight excluding hydrogens is 268 g/mol. The van der Waals surface area contributed by atoms with Gasteiger partial charge in [-0.25, -0.2) is 4.79 Å². The van der Waals surface area contributed by atoms with Gasteiger partial charge in [0.25, 0.3) is 5.69 Å². The molecule has 0 atom stereocenters. The van der Waals surface area contributed by atoms with Crippen LogP contribution in [0.25, 0.3) is 0 Å². The van der Waals surface area contributed by atoms with Gasteiger partial charge in [0.2, 0.25) is 0 Å². The van der Waals surface area contributed by atoms with E-state index in [1.54, 1.807) is 24.5 Å². The summed E-state index contributed by atoms with van der Waals surface area (Å²) in [6, 6.07) is 7.11. The Labute approximate surface area is 112 Å². The number of hydrogen-bond donors (Lipinski definition) is 1. The molecule has 0 saturated carbocycles. The van der Waals surface area contributed by atoms with Gasteiger partial charge in [-0.1, -0.05) is 11.8 Å². The van der Waals surface area contributed by atoms with Crippen LogP contribution in [0.3, 0.4) is 0 Å². The molecule has 1 N–H and O–H groups in total. The third-order valence-electron chi connectivity index (χ3n) is 2.28. The second kappa shape index (κ2) is 5.49. The van der Waals surface area contributed by atoms with E-state index in [4.69, 9.17) is 5.11 Å². The molecule has 0 fully saturated rings.